The predicted octanol–water partition coefficient (Wildman–Crippen LogP) is 4.55. The lowest BCUT2D eigenvalue weighted by atomic mass is 9.95. The van der Waals surface area contributed by atoms with Crippen molar-refractivity contribution < 1.29 is 19.1 Å². The number of hydrogen-bond acceptors (Lipinski definition) is 4. The number of amides is 1. The molecule has 1 fully saturated rings. The van der Waals surface area contributed by atoms with Crippen LogP contribution in [0.3, 0.4) is 0 Å². The minimum atomic E-state index is -0.970. The molecule has 0 radical (unpaired) electrons. The average Bonchev–Trinajstić information content (AvgIpc) is 3.60. The molecule has 34 heavy (non-hydrogen) atoms. The molecule has 0 bridgehead atoms. The summed E-state index contributed by atoms with van der Waals surface area (Å²) in [5.74, 6) is -0.840. The fourth-order valence-electron chi connectivity index (χ4n) is 6.24. The van der Waals surface area contributed by atoms with Gasteiger partial charge in [-0.25, -0.2) is 0 Å². The van der Waals surface area contributed by atoms with E-state index in [9.17, 15) is 9.59 Å². The van der Waals surface area contributed by atoms with E-state index in [1.165, 1.54) is 7.11 Å². The van der Waals surface area contributed by atoms with E-state index in [4.69, 9.17) is 9.47 Å². The first-order chi connectivity index (χ1) is 16.5. The SMILES string of the molecule is COC(=O)C1CCO[C@@]1(C)n1c2ccccc2c2c3c(c4c5ccccc5[nH]c4c21)CNC3=O. The van der Waals surface area contributed by atoms with Gasteiger partial charge in [-0.15, -0.1) is 0 Å². The minimum absolute atomic E-state index is 0.0721. The van der Waals surface area contributed by atoms with Gasteiger partial charge in [0.15, 0.2) is 5.72 Å². The summed E-state index contributed by atoms with van der Waals surface area (Å²) in [6, 6.07) is 16.2. The number of carbonyl (C=O) groups excluding carboxylic acids is 2. The summed E-state index contributed by atoms with van der Waals surface area (Å²) in [5, 5.41) is 7.01. The monoisotopic (exact) mass is 453 g/mol. The maximum atomic E-state index is 13.2. The topological polar surface area (TPSA) is 85.3 Å². The Bertz CT molecular complexity index is 1690. The van der Waals surface area contributed by atoms with E-state index in [0.29, 0.717) is 25.1 Å². The zero-order chi connectivity index (χ0) is 23.2. The zero-order valence-electron chi connectivity index (χ0n) is 18.9. The minimum Gasteiger partial charge on any atom is -0.469 e. The Kier molecular flexibility index (Phi) is 3.81. The quantitative estimate of drug-likeness (QED) is 0.384. The number of aromatic amines is 1. The Morgan fingerprint density at radius 2 is 1.88 bits per heavy atom. The molecule has 7 nitrogen and oxygen atoms in total. The molecule has 2 aliphatic heterocycles. The molecule has 1 unspecified atom stereocenters. The fourth-order valence-corrected chi connectivity index (χ4v) is 6.24. The molecule has 1 amide bonds. The van der Waals surface area contributed by atoms with Gasteiger partial charge >= 0.3 is 5.97 Å². The molecule has 0 saturated carbocycles. The van der Waals surface area contributed by atoms with Crippen molar-refractivity contribution >= 4 is 55.5 Å². The lowest BCUT2D eigenvalue weighted by Crippen LogP contribution is -2.40. The molecular weight excluding hydrogens is 430 g/mol. The molecule has 7 heteroatoms. The van der Waals surface area contributed by atoms with E-state index < -0.39 is 11.6 Å². The van der Waals surface area contributed by atoms with Gasteiger partial charge in [0.05, 0.1) is 35.8 Å². The molecule has 2 aromatic heterocycles. The Morgan fingerprint density at radius 1 is 1.12 bits per heavy atom. The number of aromatic nitrogens is 2. The number of rotatable bonds is 2. The summed E-state index contributed by atoms with van der Waals surface area (Å²) in [7, 11) is 1.42. The lowest BCUT2D eigenvalue weighted by molar-refractivity contribution is -0.156. The van der Waals surface area contributed by atoms with Gasteiger partial charge in [-0.05, 0) is 31.0 Å². The van der Waals surface area contributed by atoms with Gasteiger partial charge in [0, 0.05) is 33.6 Å². The van der Waals surface area contributed by atoms with Gasteiger partial charge in [0.1, 0.15) is 5.92 Å². The number of ether oxygens (including phenoxy) is 2. The summed E-state index contributed by atoms with van der Waals surface area (Å²) in [5.41, 5.74) is 4.49. The summed E-state index contributed by atoms with van der Waals surface area (Å²) in [4.78, 5) is 29.7. The Labute approximate surface area is 194 Å². The third-order valence-corrected chi connectivity index (χ3v) is 7.70. The number of fused-ring (bicyclic) bond motifs is 10. The van der Waals surface area contributed by atoms with Crippen LogP contribution in [0.1, 0.15) is 29.3 Å². The molecule has 0 aliphatic carbocycles. The van der Waals surface area contributed by atoms with Crippen molar-refractivity contribution in [1.29, 1.82) is 0 Å². The molecule has 2 atom stereocenters. The number of methoxy groups -OCH3 is 1. The number of nitrogens with zero attached hydrogens (tertiary/aromatic N) is 1. The van der Waals surface area contributed by atoms with E-state index in [-0.39, 0.29) is 11.9 Å². The van der Waals surface area contributed by atoms with Crippen LogP contribution >= 0.6 is 0 Å². The van der Waals surface area contributed by atoms with E-state index in [0.717, 1.165) is 49.2 Å². The van der Waals surface area contributed by atoms with Gasteiger partial charge in [0.25, 0.3) is 5.91 Å². The van der Waals surface area contributed by atoms with Crippen molar-refractivity contribution in [2.45, 2.75) is 25.6 Å². The lowest BCUT2D eigenvalue weighted by Gasteiger charge is -2.32. The third-order valence-electron chi connectivity index (χ3n) is 7.70. The van der Waals surface area contributed by atoms with Crippen LogP contribution in [0, 0.1) is 5.92 Å². The van der Waals surface area contributed by atoms with Crippen molar-refractivity contribution in [2.75, 3.05) is 13.7 Å². The normalized spacial score (nSPS) is 22.2. The number of para-hydroxylation sites is 2. The van der Waals surface area contributed by atoms with Crippen LogP contribution in [0.25, 0.3) is 43.6 Å². The van der Waals surface area contributed by atoms with Gasteiger partial charge in [-0.1, -0.05) is 36.4 Å². The molecular formula is C27H23N3O4. The summed E-state index contributed by atoms with van der Waals surface area (Å²) in [6.07, 6.45) is 0.568. The largest absolute Gasteiger partial charge is 0.469 e. The number of hydrogen-bond donors (Lipinski definition) is 2. The highest BCUT2D eigenvalue weighted by Crippen LogP contribution is 2.48. The predicted molar refractivity (Wildman–Crippen MR) is 130 cm³/mol. The number of carbonyl (C=O) groups is 2. The molecule has 2 aliphatic rings. The summed E-state index contributed by atoms with van der Waals surface area (Å²) < 4.78 is 13.6. The first-order valence-corrected chi connectivity index (χ1v) is 11.5. The number of esters is 1. The second-order valence-corrected chi connectivity index (χ2v) is 9.30. The second kappa shape index (κ2) is 6.61. The molecule has 5 aromatic rings. The van der Waals surface area contributed by atoms with Crippen LogP contribution in [0.2, 0.25) is 0 Å². The second-order valence-electron chi connectivity index (χ2n) is 9.30. The molecule has 3 aromatic carbocycles. The Balaban J connectivity index is 1.75. The zero-order valence-corrected chi connectivity index (χ0v) is 18.9. The number of nitrogens with one attached hydrogen (secondary N) is 2. The number of H-pyrrole nitrogens is 1. The maximum Gasteiger partial charge on any atom is 0.313 e. The highest BCUT2D eigenvalue weighted by molar-refractivity contribution is 6.30. The first kappa shape index (κ1) is 19.6. The van der Waals surface area contributed by atoms with Crippen LogP contribution in [0.4, 0.5) is 0 Å². The summed E-state index contributed by atoms with van der Waals surface area (Å²) >= 11 is 0. The molecule has 0 spiro atoms. The van der Waals surface area contributed by atoms with Gasteiger partial charge in [-0.2, -0.15) is 0 Å². The standard InChI is InChI=1S/C27H23N3O4/c1-27(17(11-12-34-27)26(32)33-2)30-19-10-6-4-8-15(19)21-22-16(13-28-25(22)31)20-14-7-3-5-9-18(14)29-23(20)24(21)30/h3-10,17,29H,11-13H2,1-2H3,(H,28,31)/t17?,27-/m1/s1. The van der Waals surface area contributed by atoms with Crippen molar-refractivity contribution in [3.63, 3.8) is 0 Å². The van der Waals surface area contributed by atoms with Crippen molar-refractivity contribution in [1.82, 2.24) is 14.9 Å². The molecule has 170 valence electrons. The van der Waals surface area contributed by atoms with Gasteiger partial charge in [0.2, 0.25) is 0 Å². The van der Waals surface area contributed by atoms with Crippen LogP contribution in [-0.4, -0.2) is 35.1 Å². The van der Waals surface area contributed by atoms with E-state index in [2.05, 4.69) is 27.0 Å². The van der Waals surface area contributed by atoms with E-state index in [1.807, 2.05) is 43.3 Å². The maximum absolute atomic E-state index is 13.2. The molecule has 4 heterocycles. The first-order valence-electron chi connectivity index (χ1n) is 11.5. The molecule has 7 rings (SSSR count). The smallest absolute Gasteiger partial charge is 0.313 e. The van der Waals surface area contributed by atoms with Gasteiger partial charge in [-0.3, -0.25) is 9.59 Å². The fraction of sp³-hybridized carbons (Fsp3) is 0.259. The van der Waals surface area contributed by atoms with Crippen LogP contribution in [-0.2, 0) is 26.5 Å². The Morgan fingerprint density at radius 3 is 2.71 bits per heavy atom. The van der Waals surface area contributed by atoms with Crippen LogP contribution < -0.4 is 5.32 Å². The molecule has 2 N–H and O–H groups in total. The molecule has 1 saturated heterocycles. The highest BCUT2D eigenvalue weighted by Gasteiger charge is 2.49. The average molecular weight is 453 g/mol. The van der Waals surface area contributed by atoms with Gasteiger partial charge < -0.3 is 24.3 Å². The number of benzene rings is 3. The van der Waals surface area contributed by atoms with E-state index >= 15 is 0 Å². The van der Waals surface area contributed by atoms with Crippen molar-refractivity contribution in [3.8, 4) is 0 Å². The summed E-state index contributed by atoms with van der Waals surface area (Å²) in [6.45, 7) is 2.89. The highest BCUT2D eigenvalue weighted by atomic mass is 16.5. The van der Waals surface area contributed by atoms with Crippen LogP contribution in [0.5, 0.6) is 0 Å². The van der Waals surface area contributed by atoms with Crippen LogP contribution in [0.15, 0.2) is 48.5 Å². The van der Waals surface area contributed by atoms with Crippen molar-refractivity contribution in [3.05, 3.63) is 59.7 Å². The third kappa shape index (κ3) is 2.25. The van der Waals surface area contributed by atoms with Crippen molar-refractivity contribution in [2.24, 2.45) is 5.92 Å². The van der Waals surface area contributed by atoms with E-state index in [1.54, 1.807) is 0 Å². The Hall–Kier alpha value is -3.84.